The van der Waals surface area contributed by atoms with Crippen molar-refractivity contribution in [1.29, 1.82) is 0 Å². The lowest BCUT2D eigenvalue weighted by molar-refractivity contribution is -0.120. The Morgan fingerprint density at radius 1 is 1.21 bits per heavy atom. The van der Waals surface area contributed by atoms with Crippen LogP contribution in [-0.4, -0.2) is 33.2 Å². The predicted octanol–water partition coefficient (Wildman–Crippen LogP) is 3.06. The summed E-state index contributed by atoms with van der Waals surface area (Å²) in [7, 11) is -3.64. The molecule has 1 amide bonds. The minimum absolute atomic E-state index is 0.167. The van der Waals surface area contributed by atoms with Crippen LogP contribution in [0.25, 0.3) is 0 Å². The number of rotatable bonds is 5. The fraction of sp³-hybridized carbons (Fsp3) is 0.562. The molecule has 1 aromatic carbocycles. The Kier molecular flexibility index (Phi) is 5.00. The highest BCUT2D eigenvalue weighted by atomic mass is 35.5. The van der Waals surface area contributed by atoms with Crippen molar-refractivity contribution in [3.63, 3.8) is 0 Å². The normalized spacial score (nSPS) is 25.7. The van der Waals surface area contributed by atoms with E-state index in [1.54, 1.807) is 0 Å². The maximum Gasteiger partial charge on any atom is 0.241 e. The molecule has 0 aromatic heterocycles. The van der Waals surface area contributed by atoms with Crippen LogP contribution in [0.3, 0.4) is 0 Å². The molecule has 3 atom stereocenters. The fourth-order valence-corrected chi connectivity index (χ4v) is 5.24. The summed E-state index contributed by atoms with van der Waals surface area (Å²) < 4.78 is 25.3. The van der Waals surface area contributed by atoms with Gasteiger partial charge in [0, 0.05) is 16.1 Å². The Hall–Kier alpha value is -0.980. The Balaban J connectivity index is 1.74. The van der Waals surface area contributed by atoms with E-state index in [1.165, 1.54) is 31.0 Å². The lowest BCUT2D eigenvalue weighted by atomic mass is 9.95. The number of nitrogens with one attached hydrogen (secondary N) is 1. The van der Waals surface area contributed by atoms with Crippen molar-refractivity contribution < 1.29 is 13.2 Å². The zero-order chi connectivity index (χ0) is 17.5. The predicted molar refractivity (Wildman–Crippen MR) is 96.0 cm³/mol. The molecule has 0 saturated heterocycles. The molecule has 1 aromatic rings. The van der Waals surface area contributed by atoms with Crippen molar-refractivity contribution in [3.8, 4) is 0 Å². The molecule has 132 valence electrons. The number of hydrogen-bond acceptors (Lipinski definition) is 3. The number of anilines is 1. The standard InChI is InChI=1S/C16H20Cl2N2O3S/c1-24(22,23)20(14-7-12(17)6-13(18)8-14)9-16(21)19-15-5-10-2-3-11(15)4-10/h6-8,10-11,15H,2-5,9H2,1H3,(H,19,21). The van der Waals surface area contributed by atoms with Gasteiger partial charge in [-0.1, -0.05) is 29.6 Å². The van der Waals surface area contributed by atoms with Gasteiger partial charge in [-0.2, -0.15) is 0 Å². The minimum atomic E-state index is -3.64. The largest absolute Gasteiger partial charge is 0.352 e. The van der Waals surface area contributed by atoms with Crippen molar-refractivity contribution in [2.45, 2.75) is 31.7 Å². The lowest BCUT2D eigenvalue weighted by Crippen LogP contribution is -2.45. The third-order valence-corrected chi connectivity index (χ3v) is 6.48. The van der Waals surface area contributed by atoms with E-state index in [1.807, 2.05) is 0 Å². The first kappa shape index (κ1) is 17.8. The molecule has 24 heavy (non-hydrogen) atoms. The molecule has 3 rings (SSSR count). The topological polar surface area (TPSA) is 66.5 Å². The molecule has 2 aliphatic carbocycles. The zero-order valence-corrected chi connectivity index (χ0v) is 15.7. The summed E-state index contributed by atoms with van der Waals surface area (Å²) in [5, 5.41) is 3.64. The molecule has 2 aliphatic rings. The second kappa shape index (κ2) is 6.73. The van der Waals surface area contributed by atoms with Crippen LogP contribution in [0.2, 0.25) is 10.0 Å². The van der Waals surface area contributed by atoms with Crippen molar-refractivity contribution in [3.05, 3.63) is 28.2 Å². The quantitative estimate of drug-likeness (QED) is 0.839. The van der Waals surface area contributed by atoms with Crippen LogP contribution >= 0.6 is 23.2 Å². The number of nitrogens with zero attached hydrogens (tertiary/aromatic N) is 1. The van der Waals surface area contributed by atoms with E-state index in [4.69, 9.17) is 23.2 Å². The zero-order valence-electron chi connectivity index (χ0n) is 13.3. The van der Waals surface area contributed by atoms with Crippen molar-refractivity contribution in [2.24, 2.45) is 11.8 Å². The maximum absolute atomic E-state index is 12.4. The van der Waals surface area contributed by atoms with Crippen LogP contribution in [0.1, 0.15) is 25.7 Å². The lowest BCUT2D eigenvalue weighted by Gasteiger charge is -2.26. The van der Waals surface area contributed by atoms with Crippen LogP contribution in [0.15, 0.2) is 18.2 Å². The number of halogens is 2. The average molecular weight is 391 g/mol. The van der Waals surface area contributed by atoms with Gasteiger partial charge in [0.1, 0.15) is 6.54 Å². The van der Waals surface area contributed by atoms with Crippen LogP contribution in [0.4, 0.5) is 5.69 Å². The van der Waals surface area contributed by atoms with Gasteiger partial charge in [0.15, 0.2) is 0 Å². The summed E-state index contributed by atoms with van der Waals surface area (Å²) in [6.45, 7) is -0.274. The summed E-state index contributed by atoms with van der Waals surface area (Å²) >= 11 is 11.9. The number of sulfonamides is 1. The number of carbonyl (C=O) groups excluding carboxylic acids is 1. The molecule has 8 heteroatoms. The molecule has 0 aliphatic heterocycles. The first-order chi connectivity index (χ1) is 11.2. The summed E-state index contributed by atoms with van der Waals surface area (Å²) in [6, 6.07) is 4.65. The highest BCUT2D eigenvalue weighted by Gasteiger charge is 2.40. The van der Waals surface area contributed by atoms with Crippen LogP contribution in [-0.2, 0) is 14.8 Å². The average Bonchev–Trinajstić information content (AvgIpc) is 3.04. The molecule has 2 saturated carbocycles. The summed E-state index contributed by atoms with van der Waals surface area (Å²) in [4.78, 5) is 12.4. The van der Waals surface area contributed by atoms with Gasteiger partial charge < -0.3 is 5.32 Å². The monoisotopic (exact) mass is 390 g/mol. The molecule has 3 unspecified atom stereocenters. The van der Waals surface area contributed by atoms with E-state index in [-0.39, 0.29) is 24.2 Å². The van der Waals surface area contributed by atoms with E-state index in [0.29, 0.717) is 21.9 Å². The number of carbonyl (C=O) groups is 1. The second-order valence-corrected chi connectivity index (χ2v) is 9.53. The summed E-state index contributed by atoms with van der Waals surface area (Å²) in [6.07, 6.45) is 5.62. The van der Waals surface area contributed by atoms with Gasteiger partial charge in [0.05, 0.1) is 11.9 Å². The van der Waals surface area contributed by atoms with Gasteiger partial charge in [-0.25, -0.2) is 8.42 Å². The first-order valence-electron chi connectivity index (χ1n) is 7.95. The fourth-order valence-electron chi connectivity index (χ4n) is 3.89. The Morgan fingerprint density at radius 2 is 1.88 bits per heavy atom. The molecular formula is C16H20Cl2N2O3S. The molecule has 2 bridgehead atoms. The molecule has 1 N–H and O–H groups in total. The minimum Gasteiger partial charge on any atom is -0.352 e. The SMILES string of the molecule is CS(=O)(=O)N(CC(=O)NC1CC2CCC1C2)c1cc(Cl)cc(Cl)c1. The van der Waals surface area contributed by atoms with Crippen LogP contribution in [0.5, 0.6) is 0 Å². The van der Waals surface area contributed by atoms with Crippen molar-refractivity contribution in [1.82, 2.24) is 5.32 Å². The van der Waals surface area contributed by atoms with Gasteiger partial charge in [-0.15, -0.1) is 0 Å². The molecule has 2 fully saturated rings. The third kappa shape index (κ3) is 3.98. The summed E-state index contributed by atoms with van der Waals surface area (Å²) in [5.74, 6) is 0.943. The van der Waals surface area contributed by atoms with Crippen molar-refractivity contribution >= 4 is 44.8 Å². The number of hydrogen-bond donors (Lipinski definition) is 1. The Morgan fingerprint density at radius 3 is 2.38 bits per heavy atom. The number of benzene rings is 1. The van der Waals surface area contributed by atoms with E-state index < -0.39 is 10.0 Å². The van der Waals surface area contributed by atoms with E-state index in [9.17, 15) is 13.2 Å². The van der Waals surface area contributed by atoms with Crippen molar-refractivity contribution in [2.75, 3.05) is 17.1 Å². The first-order valence-corrected chi connectivity index (χ1v) is 10.6. The Bertz CT molecular complexity index is 733. The number of amides is 1. The van der Waals surface area contributed by atoms with Gasteiger partial charge in [0.25, 0.3) is 0 Å². The molecular weight excluding hydrogens is 371 g/mol. The molecule has 5 nitrogen and oxygen atoms in total. The third-order valence-electron chi connectivity index (χ3n) is 4.91. The highest BCUT2D eigenvalue weighted by Crippen LogP contribution is 2.44. The second-order valence-electron chi connectivity index (χ2n) is 6.75. The van der Waals surface area contributed by atoms with Gasteiger partial charge in [-0.05, 0) is 49.3 Å². The van der Waals surface area contributed by atoms with E-state index in [0.717, 1.165) is 23.4 Å². The molecule has 0 spiro atoms. The summed E-state index contributed by atoms with van der Waals surface area (Å²) in [5.41, 5.74) is 0.290. The van der Waals surface area contributed by atoms with Crippen LogP contribution < -0.4 is 9.62 Å². The van der Waals surface area contributed by atoms with Crippen LogP contribution in [0, 0.1) is 11.8 Å². The van der Waals surface area contributed by atoms with E-state index >= 15 is 0 Å². The molecule has 0 radical (unpaired) electrons. The van der Waals surface area contributed by atoms with Gasteiger partial charge in [-0.3, -0.25) is 9.10 Å². The molecule has 0 heterocycles. The highest BCUT2D eigenvalue weighted by molar-refractivity contribution is 7.92. The van der Waals surface area contributed by atoms with Gasteiger partial charge in [0.2, 0.25) is 15.9 Å². The Labute approximate surface area is 152 Å². The number of fused-ring (bicyclic) bond motifs is 2. The van der Waals surface area contributed by atoms with Gasteiger partial charge >= 0.3 is 0 Å². The maximum atomic E-state index is 12.4. The van der Waals surface area contributed by atoms with E-state index in [2.05, 4.69) is 5.32 Å². The smallest absolute Gasteiger partial charge is 0.241 e.